The second-order valence-corrected chi connectivity index (χ2v) is 10.3. The largest absolute Gasteiger partial charge is 0.416 e. The van der Waals surface area contributed by atoms with Gasteiger partial charge in [0.1, 0.15) is 0 Å². The van der Waals surface area contributed by atoms with E-state index in [-0.39, 0.29) is 36.5 Å². The molecule has 0 aromatic heterocycles. The van der Waals surface area contributed by atoms with Crippen LogP contribution in [0, 0.1) is 17.3 Å². The van der Waals surface area contributed by atoms with Crippen molar-refractivity contribution in [1.82, 2.24) is 10.2 Å². The highest BCUT2D eigenvalue weighted by Crippen LogP contribution is 2.39. The second kappa shape index (κ2) is 11.1. The van der Waals surface area contributed by atoms with Crippen LogP contribution < -0.4 is 5.32 Å². The number of carbonyl (C=O) groups is 1. The molecule has 1 N–H and O–H groups in total. The molecule has 1 atom stereocenters. The predicted molar refractivity (Wildman–Crippen MR) is 119 cm³/mol. The molecule has 4 nitrogen and oxygen atoms in total. The van der Waals surface area contributed by atoms with Crippen molar-refractivity contribution in [2.24, 2.45) is 17.3 Å². The van der Waals surface area contributed by atoms with E-state index in [0.717, 1.165) is 18.6 Å². The summed E-state index contributed by atoms with van der Waals surface area (Å²) in [5.74, 6) is 0.250. The maximum absolute atomic E-state index is 13.9. The lowest BCUT2D eigenvalue weighted by molar-refractivity contribution is -0.143. The van der Waals surface area contributed by atoms with Gasteiger partial charge < -0.3 is 15.0 Å². The molecule has 2 saturated heterocycles. The van der Waals surface area contributed by atoms with Crippen molar-refractivity contribution in [2.75, 3.05) is 32.8 Å². The summed E-state index contributed by atoms with van der Waals surface area (Å²) in [4.78, 5) is 15.4. The quantitative estimate of drug-likeness (QED) is 0.445. The fourth-order valence-corrected chi connectivity index (χ4v) is 4.94. The van der Waals surface area contributed by atoms with Crippen molar-refractivity contribution in [2.45, 2.75) is 64.8 Å². The zero-order valence-corrected chi connectivity index (χ0v) is 20.2. The molecule has 10 heteroatoms. The minimum absolute atomic E-state index is 0.0806. The van der Waals surface area contributed by atoms with Crippen LogP contribution in [0.2, 0.25) is 0 Å². The third-order valence-electron chi connectivity index (χ3n) is 7.03. The summed E-state index contributed by atoms with van der Waals surface area (Å²) in [5.41, 5.74) is -3.60. The molecule has 0 bridgehead atoms. The van der Waals surface area contributed by atoms with Crippen molar-refractivity contribution in [3.8, 4) is 0 Å². The topological polar surface area (TPSA) is 41.6 Å². The lowest BCUT2D eigenvalue weighted by atomic mass is 9.78. The van der Waals surface area contributed by atoms with E-state index in [9.17, 15) is 31.1 Å². The third-order valence-corrected chi connectivity index (χ3v) is 7.03. The van der Waals surface area contributed by atoms with Crippen molar-refractivity contribution in [3.63, 3.8) is 0 Å². The summed E-state index contributed by atoms with van der Waals surface area (Å²) in [6.45, 7) is 6.25. The first kappa shape index (κ1) is 27.8. The molecule has 0 radical (unpaired) electrons. The van der Waals surface area contributed by atoms with Crippen molar-refractivity contribution in [3.05, 3.63) is 34.9 Å². The number of carbonyl (C=O) groups excluding carboxylic acids is 1. The Labute approximate surface area is 202 Å². The zero-order chi connectivity index (χ0) is 25.9. The summed E-state index contributed by atoms with van der Waals surface area (Å²) in [6, 6.07) is 1.58. The third kappa shape index (κ3) is 7.35. The van der Waals surface area contributed by atoms with E-state index in [1.807, 2.05) is 0 Å². The normalized spacial score (nSPS) is 22.1. The minimum Gasteiger partial charge on any atom is -0.381 e. The molecule has 1 amide bonds. The van der Waals surface area contributed by atoms with Gasteiger partial charge in [0.05, 0.1) is 16.5 Å². The molecule has 3 rings (SSSR count). The van der Waals surface area contributed by atoms with E-state index in [2.05, 4.69) is 19.2 Å². The van der Waals surface area contributed by atoms with Crippen molar-refractivity contribution in [1.29, 1.82) is 0 Å². The minimum atomic E-state index is -4.93. The van der Waals surface area contributed by atoms with Crippen molar-refractivity contribution >= 4 is 5.91 Å². The number of hydrogen-bond donors (Lipinski definition) is 1. The van der Waals surface area contributed by atoms with Gasteiger partial charge in [-0.25, -0.2) is 0 Å². The van der Waals surface area contributed by atoms with Gasteiger partial charge in [0.25, 0.3) is 0 Å². The number of hydrogen-bond acceptors (Lipinski definition) is 3. The monoisotopic (exact) mass is 508 g/mol. The van der Waals surface area contributed by atoms with Gasteiger partial charge in [0.15, 0.2) is 0 Å². The molecule has 35 heavy (non-hydrogen) atoms. The lowest BCUT2D eigenvalue weighted by Crippen LogP contribution is -2.47. The number of alkyl halides is 6. The molecule has 0 spiro atoms. The Kier molecular flexibility index (Phi) is 8.78. The molecule has 2 fully saturated rings. The van der Waals surface area contributed by atoms with Gasteiger partial charge in [0.2, 0.25) is 5.91 Å². The Bertz CT molecular complexity index is 824. The van der Waals surface area contributed by atoms with Crippen molar-refractivity contribution < 1.29 is 35.9 Å². The summed E-state index contributed by atoms with van der Waals surface area (Å²) < 4.78 is 85.9. The first-order valence-corrected chi connectivity index (χ1v) is 12.2. The maximum atomic E-state index is 13.9. The van der Waals surface area contributed by atoms with Gasteiger partial charge in [-0.3, -0.25) is 4.79 Å². The standard InChI is InChI=1S/C25H34F6N2O2/c1-17(2)3-6-23(7-8-32-16-23)22(34)33(14-18-4-9-35-10-5-18)15-19-11-20(24(26,27)28)13-21(12-19)25(29,30)31/h11-13,17-18,32H,3-10,14-16H2,1-2H3. The number of ether oxygens (including phenoxy) is 1. The highest BCUT2D eigenvalue weighted by atomic mass is 19.4. The number of halogens is 6. The van der Waals surface area contributed by atoms with E-state index in [0.29, 0.717) is 57.9 Å². The number of nitrogens with one attached hydrogen (secondary N) is 1. The highest BCUT2D eigenvalue weighted by Gasteiger charge is 2.44. The summed E-state index contributed by atoms with van der Waals surface area (Å²) in [7, 11) is 0. The maximum Gasteiger partial charge on any atom is 0.416 e. The smallest absolute Gasteiger partial charge is 0.381 e. The lowest BCUT2D eigenvalue weighted by Gasteiger charge is -2.37. The van der Waals surface area contributed by atoms with E-state index in [1.54, 1.807) is 0 Å². The van der Waals surface area contributed by atoms with Gasteiger partial charge in [-0.15, -0.1) is 0 Å². The summed E-state index contributed by atoms with van der Waals surface area (Å²) in [6.07, 6.45) is -6.45. The van der Waals surface area contributed by atoms with Gasteiger partial charge in [-0.1, -0.05) is 13.8 Å². The zero-order valence-electron chi connectivity index (χ0n) is 20.2. The average Bonchev–Trinajstić information content (AvgIpc) is 3.26. The molecule has 198 valence electrons. The molecule has 1 unspecified atom stereocenters. The van der Waals surface area contributed by atoms with E-state index < -0.39 is 28.9 Å². The molecule has 2 aliphatic heterocycles. The van der Waals surface area contributed by atoms with Crippen LogP contribution in [0.3, 0.4) is 0 Å². The van der Waals surface area contributed by atoms with Gasteiger partial charge >= 0.3 is 12.4 Å². The number of nitrogens with zero attached hydrogens (tertiary/aromatic N) is 1. The second-order valence-electron chi connectivity index (χ2n) is 10.3. The molecule has 0 aliphatic carbocycles. The van der Waals surface area contributed by atoms with Crippen LogP contribution in [0.25, 0.3) is 0 Å². The van der Waals surface area contributed by atoms with Gasteiger partial charge in [-0.05, 0) is 74.2 Å². The van der Waals surface area contributed by atoms with E-state index >= 15 is 0 Å². The number of rotatable bonds is 8. The molecule has 1 aromatic carbocycles. The first-order valence-electron chi connectivity index (χ1n) is 12.2. The Morgan fingerprint density at radius 3 is 2.17 bits per heavy atom. The van der Waals surface area contributed by atoms with Crippen LogP contribution in [0.15, 0.2) is 18.2 Å². The Morgan fingerprint density at radius 2 is 1.69 bits per heavy atom. The molecule has 0 saturated carbocycles. The van der Waals surface area contributed by atoms with Gasteiger partial charge in [-0.2, -0.15) is 26.3 Å². The SMILES string of the molecule is CC(C)CCC1(C(=O)N(Cc2cc(C(F)(F)F)cc(C(F)(F)F)c2)CC2CCOCC2)CCNC1. The van der Waals surface area contributed by atoms with Gasteiger partial charge in [0, 0.05) is 32.8 Å². The van der Waals surface area contributed by atoms with Crippen LogP contribution in [0.5, 0.6) is 0 Å². The van der Waals surface area contributed by atoms with Crippen LogP contribution in [-0.2, 0) is 28.4 Å². The van der Waals surface area contributed by atoms with Crippen LogP contribution in [0.1, 0.15) is 62.6 Å². The highest BCUT2D eigenvalue weighted by molar-refractivity contribution is 5.83. The Hall–Kier alpha value is -1.81. The fraction of sp³-hybridized carbons (Fsp3) is 0.720. The number of amides is 1. The molecule has 2 heterocycles. The first-order chi connectivity index (χ1) is 16.3. The molecular formula is C25H34F6N2O2. The molecular weight excluding hydrogens is 474 g/mol. The average molecular weight is 509 g/mol. The Balaban J connectivity index is 1.96. The van der Waals surface area contributed by atoms with E-state index in [1.165, 1.54) is 4.90 Å². The summed E-state index contributed by atoms with van der Waals surface area (Å²) in [5, 5.41) is 3.23. The van der Waals surface area contributed by atoms with Crippen LogP contribution in [-0.4, -0.2) is 43.7 Å². The fourth-order valence-electron chi connectivity index (χ4n) is 4.94. The predicted octanol–water partition coefficient (Wildman–Crippen LogP) is 5.90. The summed E-state index contributed by atoms with van der Waals surface area (Å²) >= 11 is 0. The molecule has 1 aromatic rings. The van der Waals surface area contributed by atoms with Crippen LogP contribution >= 0.6 is 0 Å². The Morgan fingerprint density at radius 1 is 1.09 bits per heavy atom. The molecule has 2 aliphatic rings. The van der Waals surface area contributed by atoms with E-state index in [4.69, 9.17) is 4.74 Å². The number of benzene rings is 1. The van der Waals surface area contributed by atoms with Crippen LogP contribution in [0.4, 0.5) is 26.3 Å².